The number of alkyl halides is 1. The molecule has 0 fully saturated rings. The number of sulfonamides is 1. The first kappa shape index (κ1) is 14.5. The molecular formula is C12H18ClNO2S. The van der Waals surface area contributed by atoms with Gasteiger partial charge in [-0.1, -0.05) is 13.0 Å². The van der Waals surface area contributed by atoms with Gasteiger partial charge in [0.25, 0.3) is 0 Å². The SMILES string of the molecule is CCN(CCCl)S(=O)(=O)c1ccc(C)c(C)c1. The fraction of sp³-hybridized carbons (Fsp3) is 0.500. The maximum absolute atomic E-state index is 12.3. The second-order valence-corrected chi connectivity index (χ2v) is 6.25. The zero-order chi connectivity index (χ0) is 13.1. The maximum Gasteiger partial charge on any atom is 0.243 e. The Bertz CT molecular complexity index is 485. The van der Waals surface area contributed by atoms with Crippen LogP contribution in [0.4, 0.5) is 0 Å². The van der Waals surface area contributed by atoms with Gasteiger partial charge in [-0.3, -0.25) is 0 Å². The molecule has 0 aromatic heterocycles. The van der Waals surface area contributed by atoms with Crippen LogP contribution in [-0.2, 0) is 10.0 Å². The minimum atomic E-state index is -3.40. The zero-order valence-corrected chi connectivity index (χ0v) is 12.0. The van der Waals surface area contributed by atoms with Crippen LogP contribution in [0, 0.1) is 13.8 Å². The minimum Gasteiger partial charge on any atom is -0.207 e. The Morgan fingerprint density at radius 1 is 1.24 bits per heavy atom. The molecule has 1 aromatic carbocycles. The number of halogens is 1. The number of aryl methyl sites for hydroxylation is 2. The molecule has 0 aliphatic carbocycles. The third kappa shape index (κ3) is 3.21. The monoisotopic (exact) mass is 275 g/mol. The second kappa shape index (κ2) is 5.85. The van der Waals surface area contributed by atoms with Crippen molar-refractivity contribution in [2.75, 3.05) is 19.0 Å². The van der Waals surface area contributed by atoms with Gasteiger partial charge < -0.3 is 0 Å². The van der Waals surface area contributed by atoms with Gasteiger partial charge in [0.15, 0.2) is 0 Å². The second-order valence-electron chi connectivity index (χ2n) is 3.93. The van der Waals surface area contributed by atoms with Crippen molar-refractivity contribution in [3.8, 4) is 0 Å². The minimum absolute atomic E-state index is 0.303. The quantitative estimate of drug-likeness (QED) is 0.775. The summed E-state index contributed by atoms with van der Waals surface area (Å²) in [5.41, 5.74) is 2.07. The van der Waals surface area contributed by atoms with E-state index in [-0.39, 0.29) is 0 Å². The molecule has 5 heteroatoms. The molecular weight excluding hydrogens is 258 g/mol. The third-order valence-corrected chi connectivity index (χ3v) is 4.94. The van der Waals surface area contributed by atoms with E-state index in [0.717, 1.165) is 11.1 Å². The van der Waals surface area contributed by atoms with Gasteiger partial charge in [-0.2, -0.15) is 4.31 Å². The van der Waals surface area contributed by atoms with E-state index in [4.69, 9.17) is 11.6 Å². The highest BCUT2D eigenvalue weighted by Crippen LogP contribution is 2.18. The molecule has 0 aliphatic heterocycles. The Morgan fingerprint density at radius 2 is 1.88 bits per heavy atom. The van der Waals surface area contributed by atoms with Gasteiger partial charge in [0, 0.05) is 19.0 Å². The standard InChI is InChI=1S/C12H18ClNO2S/c1-4-14(8-7-13)17(15,16)12-6-5-10(2)11(3)9-12/h5-6,9H,4,7-8H2,1-3H3. The van der Waals surface area contributed by atoms with Crippen molar-refractivity contribution in [2.45, 2.75) is 25.7 Å². The van der Waals surface area contributed by atoms with Gasteiger partial charge >= 0.3 is 0 Å². The van der Waals surface area contributed by atoms with E-state index >= 15 is 0 Å². The smallest absolute Gasteiger partial charge is 0.207 e. The number of nitrogens with zero attached hydrogens (tertiary/aromatic N) is 1. The summed E-state index contributed by atoms with van der Waals surface area (Å²) >= 11 is 5.62. The van der Waals surface area contributed by atoms with E-state index in [1.165, 1.54) is 4.31 Å². The largest absolute Gasteiger partial charge is 0.243 e. The molecule has 0 N–H and O–H groups in total. The number of benzene rings is 1. The van der Waals surface area contributed by atoms with E-state index < -0.39 is 10.0 Å². The highest BCUT2D eigenvalue weighted by Gasteiger charge is 2.22. The van der Waals surface area contributed by atoms with Crippen LogP contribution in [0.2, 0.25) is 0 Å². The van der Waals surface area contributed by atoms with Gasteiger partial charge in [-0.25, -0.2) is 8.42 Å². The van der Waals surface area contributed by atoms with E-state index in [1.54, 1.807) is 12.1 Å². The van der Waals surface area contributed by atoms with Gasteiger partial charge in [0.1, 0.15) is 0 Å². The first-order valence-electron chi connectivity index (χ1n) is 5.56. The Hall–Kier alpha value is -0.580. The Labute approximate surface area is 108 Å². The van der Waals surface area contributed by atoms with Crippen LogP contribution < -0.4 is 0 Å². The van der Waals surface area contributed by atoms with Crippen molar-refractivity contribution in [3.63, 3.8) is 0 Å². The van der Waals surface area contributed by atoms with Crippen molar-refractivity contribution in [1.82, 2.24) is 4.31 Å². The number of hydrogen-bond donors (Lipinski definition) is 0. The molecule has 1 rings (SSSR count). The molecule has 1 aromatic rings. The summed E-state index contributed by atoms with van der Waals surface area (Å²) in [5, 5.41) is 0. The summed E-state index contributed by atoms with van der Waals surface area (Å²) < 4.78 is 26.0. The fourth-order valence-electron chi connectivity index (χ4n) is 1.57. The predicted molar refractivity (Wildman–Crippen MR) is 71.1 cm³/mol. The Morgan fingerprint density at radius 3 is 2.35 bits per heavy atom. The van der Waals surface area contributed by atoms with Crippen molar-refractivity contribution in [2.24, 2.45) is 0 Å². The average Bonchev–Trinajstić information content (AvgIpc) is 2.29. The molecule has 0 radical (unpaired) electrons. The molecule has 96 valence electrons. The molecule has 0 amide bonds. The van der Waals surface area contributed by atoms with Crippen LogP contribution in [-0.4, -0.2) is 31.7 Å². The first-order chi connectivity index (χ1) is 7.93. The molecule has 0 aliphatic rings. The maximum atomic E-state index is 12.3. The lowest BCUT2D eigenvalue weighted by Gasteiger charge is -2.19. The number of rotatable bonds is 5. The van der Waals surface area contributed by atoms with E-state index in [2.05, 4.69) is 0 Å². The van der Waals surface area contributed by atoms with Crippen LogP contribution in [0.15, 0.2) is 23.1 Å². The summed E-state index contributed by atoms with van der Waals surface area (Å²) in [6.07, 6.45) is 0. The molecule has 0 atom stereocenters. The summed E-state index contributed by atoms with van der Waals surface area (Å²) in [7, 11) is -3.40. The highest BCUT2D eigenvalue weighted by molar-refractivity contribution is 7.89. The van der Waals surface area contributed by atoms with Crippen LogP contribution >= 0.6 is 11.6 Å². The number of hydrogen-bond acceptors (Lipinski definition) is 2. The molecule has 17 heavy (non-hydrogen) atoms. The Balaban J connectivity index is 3.15. The van der Waals surface area contributed by atoms with Crippen LogP contribution in [0.3, 0.4) is 0 Å². The van der Waals surface area contributed by atoms with Gasteiger partial charge in [0.05, 0.1) is 4.90 Å². The molecule has 0 unspecified atom stereocenters. The van der Waals surface area contributed by atoms with Gasteiger partial charge in [0.2, 0.25) is 10.0 Å². The van der Waals surface area contributed by atoms with Crippen molar-refractivity contribution in [1.29, 1.82) is 0 Å². The summed E-state index contributed by atoms with van der Waals surface area (Å²) in [4.78, 5) is 0.340. The van der Waals surface area contributed by atoms with Crippen LogP contribution in [0.1, 0.15) is 18.1 Å². The molecule has 3 nitrogen and oxygen atoms in total. The lowest BCUT2D eigenvalue weighted by Crippen LogP contribution is -2.32. The van der Waals surface area contributed by atoms with E-state index in [1.807, 2.05) is 26.8 Å². The first-order valence-corrected chi connectivity index (χ1v) is 7.54. The lowest BCUT2D eigenvalue weighted by atomic mass is 10.1. The summed E-state index contributed by atoms with van der Waals surface area (Å²) in [6, 6.07) is 5.19. The molecule has 0 saturated heterocycles. The van der Waals surface area contributed by atoms with Crippen molar-refractivity contribution < 1.29 is 8.42 Å². The van der Waals surface area contributed by atoms with Gasteiger partial charge in [-0.15, -0.1) is 11.6 Å². The van der Waals surface area contributed by atoms with Gasteiger partial charge in [-0.05, 0) is 37.1 Å². The predicted octanol–water partition coefficient (Wildman–Crippen LogP) is 2.55. The highest BCUT2D eigenvalue weighted by atomic mass is 35.5. The molecule has 0 spiro atoms. The third-order valence-electron chi connectivity index (χ3n) is 2.80. The van der Waals surface area contributed by atoms with E-state index in [9.17, 15) is 8.42 Å². The molecule has 0 heterocycles. The topological polar surface area (TPSA) is 37.4 Å². The summed E-state index contributed by atoms with van der Waals surface area (Å²) in [6.45, 7) is 6.45. The molecule has 0 saturated carbocycles. The zero-order valence-electron chi connectivity index (χ0n) is 10.4. The van der Waals surface area contributed by atoms with E-state index in [0.29, 0.717) is 23.9 Å². The normalized spacial score (nSPS) is 12.1. The Kier molecular flexibility index (Phi) is 4.98. The van der Waals surface area contributed by atoms with Crippen LogP contribution in [0.25, 0.3) is 0 Å². The lowest BCUT2D eigenvalue weighted by molar-refractivity contribution is 0.447. The average molecular weight is 276 g/mol. The van der Waals surface area contributed by atoms with Crippen molar-refractivity contribution >= 4 is 21.6 Å². The molecule has 0 bridgehead atoms. The summed E-state index contributed by atoms with van der Waals surface area (Å²) in [5.74, 6) is 0.303. The van der Waals surface area contributed by atoms with Crippen molar-refractivity contribution in [3.05, 3.63) is 29.3 Å². The van der Waals surface area contributed by atoms with Crippen LogP contribution in [0.5, 0.6) is 0 Å². The fourth-order valence-corrected chi connectivity index (χ4v) is 3.41.